The number of nitrogens with one attached hydrogen (secondary N) is 1. The van der Waals surface area contributed by atoms with E-state index in [1.165, 1.54) is 0 Å². The summed E-state index contributed by atoms with van der Waals surface area (Å²) in [5, 5.41) is 13.8. The maximum absolute atomic E-state index is 12.7. The highest BCUT2D eigenvalue weighted by Gasteiger charge is 2.45. The Morgan fingerprint density at radius 3 is 2.64 bits per heavy atom. The summed E-state index contributed by atoms with van der Waals surface area (Å²) in [6, 6.07) is 15.2. The van der Waals surface area contributed by atoms with Crippen LogP contribution in [0, 0.1) is 5.92 Å². The SMILES string of the molecule is O=C(Nc1cccc(-c2cccc(Cl)c2)c1)N1CC[C@@H]2CC[C@@H](O)[C@@H]21. The Morgan fingerprint density at radius 1 is 1.08 bits per heavy atom. The number of carbonyl (C=O) groups excluding carboxylic acids is 1. The van der Waals surface area contributed by atoms with Crippen LogP contribution in [0.5, 0.6) is 0 Å². The molecule has 0 aromatic heterocycles. The van der Waals surface area contributed by atoms with Crippen LogP contribution in [0.3, 0.4) is 0 Å². The molecule has 2 aromatic carbocycles. The highest BCUT2D eigenvalue weighted by molar-refractivity contribution is 6.30. The molecule has 1 saturated carbocycles. The van der Waals surface area contributed by atoms with Gasteiger partial charge in [0.15, 0.2) is 0 Å². The van der Waals surface area contributed by atoms with Crippen molar-refractivity contribution in [1.29, 1.82) is 0 Å². The van der Waals surface area contributed by atoms with Crippen molar-refractivity contribution in [3.63, 3.8) is 0 Å². The van der Waals surface area contributed by atoms with Crippen molar-refractivity contribution in [3.05, 3.63) is 53.6 Å². The van der Waals surface area contributed by atoms with Crippen molar-refractivity contribution in [2.75, 3.05) is 11.9 Å². The lowest BCUT2D eigenvalue weighted by atomic mass is 10.0. The number of likely N-dealkylation sites (tertiary alicyclic amines) is 1. The van der Waals surface area contributed by atoms with Crippen molar-refractivity contribution in [3.8, 4) is 11.1 Å². The molecule has 130 valence electrons. The smallest absolute Gasteiger partial charge is 0.322 e. The third kappa shape index (κ3) is 3.24. The zero-order chi connectivity index (χ0) is 17.4. The summed E-state index contributed by atoms with van der Waals surface area (Å²) in [5.41, 5.74) is 2.76. The fourth-order valence-electron chi connectivity index (χ4n) is 4.15. The first kappa shape index (κ1) is 16.4. The van der Waals surface area contributed by atoms with Crippen LogP contribution in [0.1, 0.15) is 19.3 Å². The second kappa shape index (κ2) is 6.70. The summed E-state index contributed by atoms with van der Waals surface area (Å²) < 4.78 is 0. The van der Waals surface area contributed by atoms with Crippen LogP contribution in [0.4, 0.5) is 10.5 Å². The maximum atomic E-state index is 12.7. The fourth-order valence-corrected chi connectivity index (χ4v) is 4.34. The molecular formula is C20H21ClN2O2. The van der Waals surface area contributed by atoms with E-state index in [1.807, 2.05) is 48.5 Å². The summed E-state index contributed by atoms with van der Waals surface area (Å²) in [6.07, 6.45) is 2.40. The quantitative estimate of drug-likeness (QED) is 0.838. The van der Waals surface area contributed by atoms with Crippen molar-refractivity contribution >= 4 is 23.3 Å². The zero-order valence-electron chi connectivity index (χ0n) is 13.9. The zero-order valence-corrected chi connectivity index (χ0v) is 14.6. The standard InChI is InChI=1S/C20H21ClN2O2/c21-16-5-1-3-14(11-16)15-4-2-6-17(12-15)22-20(25)23-10-9-13-7-8-18(24)19(13)23/h1-6,11-13,18-19,24H,7-10H2,(H,22,25)/t13-,18+,19+/m0/s1. The predicted molar refractivity (Wildman–Crippen MR) is 99.7 cm³/mol. The molecule has 1 heterocycles. The number of fused-ring (bicyclic) bond motifs is 1. The predicted octanol–water partition coefficient (Wildman–Crippen LogP) is 4.38. The number of aliphatic hydroxyl groups is 1. The van der Waals surface area contributed by atoms with E-state index in [4.69, 9.17) is 11.6 Å². The van der Waals surface area contributed by atoms with Gasteiger partial charge in [-0.2, -0.15) is 0 Å². The summed E-state index contributed by atoms with van der Waals surface area (Å²) in [5.74, 6) is 0.443. The number of halogens is 1. The highest BCUT2D eigenvalue weighted by atomic mass is 35.5. The van der Waals surface area contributed by atoms with E-state index in [0.29, 0.717) is 17.5 Å². The van der Waals surface area contributed by atoms with Crippen LogP contribution in [0.2, 0.25) is 5.02 Å². The Balaban J connectivity index is 1.51. The molecular weight excluding hydrogens is 336 g/mol. The van der Waals surface area contributed by atoms with Gasteiger partial charge in [0.05, 0.1) is 12.1 Å². The lowest BCUT2D eigenvalue weighted by Crippen LogP contribution is -2.44. The maximum Gasteiger partial charge on any atom is 0.322 e. The van der Waals surface area contributed by atoms with Gasteiger partial charge < -0.3 is 15.3 Å². The van der Waals surface area contributed by atoms with Crippen molar-refractivity contribution < 1.29 is 9.90 Å². The van der Waals surface area contributed by atoms with Crippen molar-refractivity contribution in [2.45, 2.75) is 31.4 Å². The molecule has 0 radical (unpaired) electrons. The molecule has 2 aromatic rings. The molecule has 4 rings (SSSR count). The van der Waals surface area contributed by atoms with Gasteiger partial charge in [-0.3, -0.25) is 0 Å². The monoisotopic (exact) mass is 356 g/mol. The lowest BCUT2D eigenvalue weighted by Gasteiger charge is -2.27. The first-order valence-electron chi connectivity index (χ1n) is 8.73. The average Bonchev–Trinajstić information content (AvgIpc) is 3.18. The average molecular weight is 357 g/mol. The number of aliphatic hydroxyl groups excluding tert-OH is 1. The minimum Gasteiger partial charge on any atom is -0.391 e. The number of carbonyl (C=O) groups is 1. The minimum atomic E-state index is -0.393. The van der Waals surface area contributed by atoms with Gasteiger partial charge in [0.2, 0.25) is 0 Å². The molecule has 4 nitrogen and oxygen atoms in total. The summed E-state index contributed by atoms with van der Waals surface area (Å²) >= 11 is 6.07. The largest absolute Gasteiger partial charge is 0.391 e. The summed E-state index contributed by atoms with van der Waals surface area (Å²) in [4.78, 5) is 14.5. The van der Waals surface area contributed by atoms with Crippen molar-refractivity contribution in [1.82, 2.24) is 4.90 Å². The molecule has 0 unspecified atom stereocenters. The number of nitrogens with zero attached hydrogens (tertiary/aromatic N) is 1. The molecule has 2 amide bonds. The van der Waals surface area contributed by atoms with E-state index in [2.05, 4.69) is 5.32 Å². The third-order valence-corrected chi connectivity index (χ3v) is 5.58. The molecule has 2 N–H and O–H groups in total. The van der Waals surface area contributed by atoms with Gasteiger partial charge in [-0.1, -0.05) is 35.9 Å². The molecule has 0 spiro atoms. The Hall–Kier alpha value is -2.04. The first-order valence-corrected chi connectivity index (χ1v) is 9.11. The molecule has 2 fully saturated rings. The highest BCUT2D eigenvalue weighted by Crippen LogP contribution is 2.38. The summed E-state index contributed by atoms with van der Waals surface area (Å²) in [7, 11) is 0. The number of rotatable bonds is 2. The third-order valence-electron chi connectivity index (χ3n) is 5.34. The summed E-state index contributed by atoms with van der Waals surface area (Å²) in [6.45, 7) is 0.714. The van der Waals surface area contributed by atoms with Gasteiger partial charge in [0, 0.05) is 17.3 Å². The van der Waals surface area contributed by atoms with Crippen LogP contribution < -0.4 is 5.32 Å². The van der Waals surface area contributed by atoms with Crippen LogP contribution in [0.15, 0.2) is 48.5 Å². The number of amides is 2. The number of urea groups is 1. The van der Waals surface area contributed by atoms with E-state index in [9.17, 15) is 9.90 Å². The van der Waals surface area contributed by atoms with Gasteiger partial charge in [0.25, 0.3) is 0 Å². The van der Waals surface area contributed by atoms with E-state index in [0.717, 1.165) is 36.1 Å². The fraction of sp³-hybridized carbons (Fsp3) is 0.350. The second-order valence-corrected chi connectivity index (χ2v) is 7.34. The van der Waals surface area contributed by atoms with Gasteiger partial charge in [0.1, 0.15) is 0 Å². The van der Waals surface area contributed by atoms with Crippen LogP contribution in [-0.2, 0) is 0 Å². The Bertz CT molecular complexity index is 795. The molecule has 3 atom stereocenters. The van der Waals surface area contributed by atoms with E-state index in [1.54, 1.807) is 4.90 Å². The van der Waals surface area contributed by atoms with Gasteiger partial charge in [-0.25, -0.2) is 4.79 Å². The molecule has 1 saturated heterocycles. The van der Waals surface area contributed by atoms with E-state index in [-0.39, 0.29) is 12.1 Å². The number of hydrogen-bond donors (Lipinski definition) is 2. The molecule has 0 bridgehead atoms. The number of hydrogen-bond acceptors (Lipinski definition) is 2. The Morgan fingerprint density at radius 2 is 1.84 bits per heavy atom. The number of benzene rings is 2. The Kier molecular flexibility index (Phi) is 4.40. The van der Waals surface area contributed by atoms with E-state index >= 15 is 0 Å². The minimum absolute atomic E-state index is 0.0314. The van der Waals surface area contributed by atoms with Crippen LogP contribution in [-0.4, -0.2) is 34.7 Å². The van der Waals surface area contributed by atoms with Gasteiger partial charge in [-0.15, -0.1) is 0 Å². The molecule has 1 aliphatic carbocycles. The van der Waals surface area contributed by atoms with E-state index < -0.39 is 6.10 Å². The lowest BCUT2D eigenvalue weighted by molar-refractivity contribution is 0.101. The van der Waals surface area contributed by atoms with Crippen LogP contribution in [0.25, 0.3) is 11.1 Å². The molecule has 1 aliphatic heterocycles. The van der Waals surface area contributed by atoms with Gasteiger partial charge in [-0.05, 0) is 60.6 Å². The first-order chi connectivity index (χ1) is 12.1. The molecule has 2 aliphatic rings. The second-order valence-electron chi connectivity index (χ2n) is 6.90. The topological polar surface area (TPSA) is 52.6 Å². The van der Waals surface area contributed by atoms with Crippen LogP contribution >= 0.6 is 11.6 Å². The molecule has 25 heavy (non-hydrogen) atoms. The Labute approximate surface area is 152 Å². The molecule has 5 heteroatoms. The van der Waals surface area contributed by atoms with Crippen molar-refractivity contribution in [2.24, 2.45) is 5.92 Å². The normalized spacial score (nSPS) is 25.0. The number of anilines is 1. The van der Waals surface area contributed by atoms with Gasteiger partial charge >= 0.3 is 6.03 Å².